The number of piperidine rings is 1. The van der Waals surface area contributed by atoms with Gasteiger partial charge in [0.25, 0.3) is 0 Å². The second-order valence-electron chi connectivity index (χ2n) is 5.64. The molecule has 2 aliphatic heterocycles. The van der Waals surface area contributed by atoms with Gasteiger partial charge in [-0.2, -0.15) is 0 Å². The van der Waals surface area contributed by atoms with Gasteiger partial charge in [-0.1, -0.05) is 0 Å². The molecule has 3 rings (SSSR count). The third kappa shape index (κ3) is 2.90. The molecule has 0 radical (unpaired) electrons. The number of carbonyl (C=O) groups excluding carboxylic acids is 2. The molecule has 0 saturated carbocycles. The van der Waals surface area contributed by atoms with Gasteiger partial charge in [-0.25, -0.2) is 0 Å². The lowest BCUT2D eigenvalue weighted by Gasteiger charge is -2.31. The van der Waals surface area contributed by atoms with Gasteiger partial charge < -0.3 is 10.2 Å². The molecule has 1 unspecified atom stereocenters. The molecule has 1 aromatic heterocycles. The molecule has 21 heavy (non-hydrogen) atoms. The van der Waals surface area contributed by atoms with Crippen LogP contribution in [0.2, 0.25) is 0 Å². The average Bonchev–Trinajstić information content (AvgIpc) is 2.48. The summed E-state index contributed by atoms with van der Waals surface area (Å²) in [6, 6.07) is 1.98. The molecule has 2 aliphatic rings. The van der Waals surface area contributed by atoms with Gasteiger partial charge >= 0.3 is 0 Å². The molecule has 2 amide bonds. The summed E-state index contributed by atoms with van der Waals surface area (Å²) in [4.78, 5) is 29.9. The molecule has 2 fully saturated rings. The molecular weight excluding hydrogens is 268 g/mol. The first-order valence-electron chi connectivity index (χ1n) is 7.41. The van der Waals surface area contributed by atoms with Crippen LogP contribution in [0.4, 0.5) is 5.69 Å². The van der Waals surface area contributed by atoms with Crippen LogP contribution in [0, 0.1) is 6.92 Å². The van der Waals surface area contributed by atoms with E-state index in [1.165, 1.54) is 0 Å². The fourth-order valence-corrected chi connectivity index (χ4v) is 2.97. The number of aromatic nitrogens is 1. The molecule has 6 heteroatoms. The highest BCUT2D eigenvalue weighted by molar-refractivity contribution is 6.00. The Morgan fingerprint density at radius 2 is 2.05 bits per heavy atom. The summed E-state index contributed by atoms with van der Waals surface area (Å²) >= 11 is 0. The second-order valence-corrected chi connectivity index (χ2v) is 5.64. The van der Waals surface area contributed by atoms with Crippen molar-refractivity contribution >= 4 is 17.5 Å². The molecule has 1 aromatic rings. The van der Waals surface area contributed by atoms with E-state index < -0.39 is 0 Å². The molecular formula is C15H20N4O2. The Bertz CT molecular complexity index is 567. The maximum atomic E-state index is 11.9. The van der Waals surface area contributed by atoms with E-state index in [1.807, 2.05) is 12.3 Å². The standard InChI is InChI=1S/C15H20N4O2/c1-10-8-12(11-2-3-14(20)18-15(11)21)17-9-13(10)19-6-4-16-5-7-19/h8-9,11,16H,2-7H2,1H3,(H,18,20,21). The quantitative estimate of drug-likeness (QED) is 0.767. The molecule has 3 heterocycles. The number of rotatable bonds is 2. The van der Waals surface area contributed by atoms with Crippen molar-refractivity contribution in [2.24, 2.45) is 0 Å². The van der Waals surface area contributed by atoms with Gasteiger partial charge in [0, 0.05) is 32.6 Å². The number of aryl methyl sites for hydroxylation is 1. The molecule has 1 atom stereocenters. The Labute approximate surface area is 123 Å². The Morgan fingerprint density at radius 3 is 2.71 bits per heavy atom. The van der Waals surface area contributed by atoms with Crippen LogP contribution in [-0.4, -0.2) is 43.0 Å². The summed E-state index contributed by atoms with van der Waals surface area (Å²) in [6.45, 7) is 5.96. The molecule has 2 N–H and O–H groups in total. The summed E-state index contributed by atoms with van der Waals surface area (Å²) in [5.74, 6) is -0.725. The Balaban J connectivity index is 1.80. The van der Waals surface area contributed by atoms with E-state index in [-0.39, 0.29) is 17.7 Å². The van der Waals surface area contributed by atoms with Gasteiger partial charge in [-0.05, 0) is 25.0 Å². The first kappa shape index (κ1) is 14.0. The Kier molecular flexibility index (Phi) is 3.88. The van der Waals surface area contributed by atoms with Crippen molar-refractivity contribution in [1.29, 1.82) is 0 Å². The van der Waals surface area contributed by atoms with Crippen molar-refractivity contribution in [2.45, 2.75) is 25.7 Å². The smallest absolute Gasteiger partial charge is 0.235 e. The Morgan fingerprint density at radius 1 is 1.29 bits per heavy atom. The summed E-state index contributed by atoms with van der Waals surface area (Å²) in [5, 5.41) is 5.72. The minimum absolute atomic E-state index is 0.189. The highest BCUT2D eigenvalue weighted by Crippen LogP contribution is 2.27. The van der Waals surface area contributed by atoms with Gasteiger partial charge in [0.15, 0.2) is 0 Å². The third-order valence-corrected chi connectivity index (χ3v) is 4.16. The summed E-state index contributed by atoms with van der Waals surface area (Å²) in [7, 11) is 0. The molecule has 0 aromatic carbocycles. The second kappa shape index (κ2) is 5.81. The van der Waals surface area contributed by atoms with Crippen molar-refractivity contribution in [3.8, 4) is 0 Å². The number of piperazine rings is 1. The van der Waals surface area contributed by atoms with Crippen LogP contribution in [-0.2, 0) is 9.59 Å². The van der Waals surface area contributed by atoms with Crippen molar-refractivity contribution < 1.29 is 9.59 Å². The molecule has 0 spiro atoms. The molecule has 0 aliphatic carbocycles. The zero-order valence-corrected chi connectivity index (χ0v) is 12.2. The van der Waals surface area contributed by atoms with Crippen molar-refractivity contribution in [3.63, 3.8) is 0 Å². The van der Waals surface area contributed by atoms with Gasteiger partial charge in [-0.15, -0.1) is 0 Å². The van der Waals surface area contributed by atoms with Crippen LogP contribution < -0.4 is 15.5 Å². The SMILES string of the molecule is Cc1cc(C2CCC(=O)NC2=O)ncc1N1CCNCC1. The maximum Gasteiger partial charge on any atom is 0.235 e. The van der Waals surface area contributed by atoms with E-state index in [4.69, 9.17) is 0 Å². The molecule has 0 bridgehead atoms. The molecule has 112 valence electrons. The highest BCUT2D eigenvalue weighted by atomic mass is 16.2. The highest BCUT2D eigenvalue weighted by Gasteiger charge is 2.29. The predicted octanol–water partition coefficient (Wildman–Crippen LogP) is 0.320. The van der Waals surface area contributed by atoms with Crippen LogP contribution >= 0.6 is 0 Å². The van der Waals surface area contributed by atoms with Crippen LogP contribution in [0.15, 0.2) is 12.3 Å². The zero-order chi connectivity index (χ0) is 14.8. The fourth-order valence-electron chi connectivity index (χ4n) is 2.97. The van der Waals surface area contributed by atoms with Crippen LogP contribution in [0.1, 0.15) is 30.0 Å². The van der Waals surface area contributed by atoms with Crippen molar-refractivity contribution in [3.05, 3.63) is 23.5 Å². The third-order valence-electron chi connectivity index (χ3n) is 4.16. The minimum Gasteiger partial charge on any atom is -0.368 e. The number of imide groups is 1. The normalized spacial score (nSPS) is 23.1. The lowest BCUT2D eigenvalue weighted by atomic mass is 9.93. The summed E-state index contributed by atoms with van der Waals surface area (Å²) in [6.07, 6.45) is 2.79. The number of amides is 2. The van der Waals surface area contributed by atoms with Crippen LogP contribution in [0.5, 0.6) is 0 Å². The first-order valence-corrected chi connectivity index (χ1v) is 7.41. The topological polar surface area (TPSA) is 74.3 Å². The number of nitrogens with one attached hydrogen (secondary N) is 2. The predicted molar refractivity (Wildman–Crippen MR) is 79.2 cm³/mol. The van der Waals surface area contributed by atoms with Gasteiger partial charge in [0.2, 0.25) is 11.8 Å². The van der Waals surface area contributed by atoms with E-state index in [2.05, 4.69) is 27.4 Å². The fraction of sp³-hybridized carbons (Fsp3) is 0.533. The van der Waals surface area contributed by atoms with E-state index >= 15 is 0 Å². The van der Waals surface area contributed by atoms with E-state index in [0.29, 0.717) is 12.8 Å². The van der Waals surface area contributed by atoms with Gasteiger partial charge in [-0.3, -0.25) is 19.9 Å². The van der Waals surface area contributed by atoms with E-state index in [1.54, 1.807) is 0 Å². The number of nitrogens with zero attached hydrogens (tertiary/aromatic N) is 2. The molecule has 6 nitrogen and oxygen atoms in total. The largest absolute Gasteiger partial charge is 0.368 e. The zero-order valence-electron chi connectivity index (χ0n) is 12.2. The van der Waals surface area contributed by atoms with E-state index in [9.17, 15) is 9.59 Å². The average molecular weight is 288 g/mol. The Hall–Kier alpha value is -1.95. The van der Waals surface area contributed by atoms with Gasteiger partial charge in [0.1, 0.15) is 0 Å². The number of carbonyl (C=O) groups is 2. The lowest BCUT2D eigenvalue weighted by molar-refractivity contribution is -0.134. The van der Waals surface area contributed by atoms with Gasteiger partial charge in [0.05, 0.1) is 23.5 Å². The number of pyridine rings is 1. The maximum absolute atomic E-state index is 11.9. The van der Waals surface area contributed by atoms with Crippen LogP contribution in [0.3, 0.4) is 0 Å². The summed E-state index contributed by atoms with van der Waals surface area (Å²) < 4.78 is 0. The van der Waals surface area contributed by atoms with Crippen molar-refractivity contribution in [1.82, 2.24) is 15.6 Å². The van der Waals surface area contributed by atoms with Crippen molar-refractivity contribution in [2.75, 3.05) is 31.1 Å². The first-order chi connectivity index (χ1) is 10.1. The minimum atomic E-state index is -0.307. The number of hydrogen-bond donors (Lipinski definition) is 2. The number of hydrogen-bond acceptors (Lipinski definition) is 5. The monoisotopic (exact) mass is 288 g/mol. The van der Waals surface area contributed by atoms with Crippen LogP contribution in [0.25, 0.3) is 0 Å². The lowest BCUT2D eigenvalue weighted by Crippen LogP contribution is -2.44. The van der Waals surface area contributed by atoms with E-state index in [0.717, 1.165) is 43.1 Å². The summed E-state index contributed by atoms with van der Waals surface area (Å²) in [5.41, 5.74) is 3.02. The number of anilines is 1. The molecule has 2 saturated heterocycles.